The molecule has 4 aromatic rings. The number of halogens is 2. The van der Waals surface area contributed by atoms with Crippen molar-refractivity contribution in [2.75, 3.05) is 0 Å². The molecule has 1 aliphatic carbocycles. The molecule has 0 radical (unpaired) electrons. The number of carbonyl (C=O) groups excluding carboxylic acids is 2. The van der Waals surface area contributed by atoms with Gasteiger partial charge >= 0.3 is 0 Å². The summed E-state index contributed by atoms with van der Waals surface area (Å²) in [6.07, 6.45) is 0. The van der Waals surface area contributed by atoms with Crippen LogP contribution in [0.25, 0.3) is 22.3 Å². The van der Waals surface area contributed by atoms with Crippen LogP contribution in [0.1, 0.15) is 37.4 Å². The first-order valence-corrected chi connectivity index (χ1v) is 9.83. The van der Waals surface area contributed by atoms with Gasteiger partial charge in [-0.2, -0.15) is 0 Å². The van der Waals surface area contributed by atoms with Crippen LogP contribution in [-0.4, -0.2) is 11.6 Å². The van der Waals surface area contributed by atoms with Gasteiger partial charge in [-0.25, -0.2) is 8.78 Å². The number of fused-ring (bicyclic) bond motifs is 2. The smallest absolute Gasteiger partial charge is 0.195 e. The van der Waals surface area contributed by atoms with Crippen molar-refractivity contribution in [3.63, 3.8) is 0 Å². The van der Waals surface area contributed by atoms with Crippen LogP contribution in [-0.2, 0) is 0 Å². The second-order valence-electron chi connectivity index (χ2n) is 7.58. The predicted octanol–water partition coefficient (Wildman–Crippen LogP) is 6.38. The number of hydrogen-bond acceptors (Lipinski definition) is 2. The summed E-state index contributed by atoms with van der Waals surface area (Å²) < 4.78 is 27.0. The first kappa shape index (κ1) is 19.1. The SMILES string of the molecule is Cc1cccc2c1C(=O)c1c(-c3ccc(F)cc3)ccc(-c3ccc(F)cc3)c1C2=O. The van der Waals surface area contributed by atoms with Crippen LogP contribution in [0.4, 0.5) is 8.78 Å². The number of benzene rings is 4. The number of carbonyl (C=O) groups is 2. The van der Waals surface area contributed by atoms with E-state index in [1.165, 1.54) is 24.3 Å². The Morgan fingerprint density at radius 1 is 0.516 bits per heavy atom. The van der Waals surface area contributed by atoms with Gasteiger partial charge in [-0.1, -0.05) is 54.6 Å². The average Bonchev–Trinajstić information content (AvgIpc) is 2.77. The van der Waals surface area contributed by atoms with Gasteiger partial charge in [-0.15, -0.1) is 0 Å². The van der Waals surface area contributed by atoms with Crippen molar-refractivity contribution in [3.05, 3.63) is 118 Å². The summed E-state index contributed by atoms with van der Waals surface area (Å²) in [5, 5.41) is 0. The first-order chi connectivity index (χ1) is 15.0. The Labute approximate surface area is 177 Å². The zero-order chi connectivity index (χ0) is 21.7. The van der Waals surface area contributed by atoms with E-state index < -0.39 is 0 Å². The van der Waals surface area contributed by atoms with Crippen LogP contribution in [0.2, 0.25) is 0 Å². The Kier molecular flexibility index (Phi) is 4.36. The molecule has 0 aromatic heterocycles. The van der Waals surface area contributed by atoms with E-state index in [0.29, 0.717) is 38.9 Å². The molecule has 0 bridgehead atoms. The van der Waals surface area contributed by atoms with Gasteiger partial charge in [0, 0.05) is 22.3 Å². The van der Waals surface area contributed by atoms with Gasteiger partial charge in [0.15, 0.2) is 11.6 Å². The Balaban J connectivity index is 1.85. The fourth-order valence-corrected chi connectivity index (χ4v) is 4.23. The highest BCUT2D eigenvalue weighted by atomic mass is 19.1. The fraction of sp³-hybridized carbons (Fsp3) is 0.0370. The molecule has 150 valence electrons. The van der Waals surface area contributed by atoms with E-state index in [1.54, 1.807) is 61.5 Å². The summed E-state index contributed by atoms with van der Waals surface area (Å²) in [6, 6.07) is 20.4. The second-order valence-corrected chi connectivity index (χ2v) is 7.58. The molecule has 5 rings (SSSR count). The van der Waals surface area contributed by atoms with E-state index in [1.807, 2.05) is 0 Å². The Morgan fingerprint density at radius 3 is 1.52 bits per heavy atom. The highest BCUT2D eigenvalue weighted by molar-refractivity contribution is 6.32. The minimum atomic E-state index is -0.385. The summed E-state index contributed by atoms with van der Waals surface area (Å²) in [4.78, 5) is 27.3. The van der Waals surface area contributed by atoms with Crippen molar-refractivity contribution in [1.29, 1.82) is 0 Å². The van der Waals surface area contributed by atoms with Crippen LogP contribution in [0, 0.1) is 18.6 Å². The Bertz CT molecular complexity index is 1370. The largest absolute Gasteiger partial charge is 0.289 e. The maximum Gasteiger partial charge on any atom is 0.195 e. The second kappa shape index (κ2) is 7.10. The quantitative estimate of drug-likeness (QED) is 0.338. The topological polar surface area (TPSA) is 34.1 Å². The van der Waals surface area contributed by atoms with Gasteiger partial charge in [0.1, 0.15) is 11.6 Å². The molecule has 0 heterocycles. The molecule has 0 fully saturated rings. The number of hydrogen-bond donors (Lipinski definition) is 0. The highest BCUT2D eigenvalue weighted by Gasteiger charge is 2.35. The third-order valence-corrected chi connectivity index (χ3v) is 5.71. The van der Waals surface area contributed by atoms with Gasteiger partial charge in [0.05, 0.1) is 0 Å². The van der Waals surface area contributed by atoms with Crippen LogP contribution in [0.5, 0.6) is 0 Å². The lowest BCUT2D eigenvalue weighted by atomic mass is 9.76. The zero-order valence-electron chi connectivity index (χ0n) is 16.6. The number of aryl methyl sites for hydroxylation is 1. The standard InChI is InChI=1S/C27H16F2O2/c1-15-3-2-4-22-23(15)27(31)25-21(17-7-11-19(29)12-8-17)14-13-20(24(25)26(22)30)16-5-9-18(28)10-6-16/h2-14H,1H3. The predicted molar refractivity (Wildman–Crippen MR) is 115 cm³/mol. The van der Waals surface area contributed by atoms with E-state index in [-0.39, 0.29) is 28.8 Å². The fourth-order valence-electron chi connectivity index (χ4n) is 4.23. The summed E-state index contributed by atoms with van der Waals surface area (Å²) >= 11 is 0. The lowest BCUT2D eigenvalue weighted by molar-refractivity contribution is 0.0979. The molecular formula is C27H16F2O2. The Hall–Kier alpha value is -3.92. The summed E-state index contributed by atoms with van der Waals surface area (Å²) in [7, 11) is 0. The van der Waals surface area contributed by atoms with Gasteiger partial charge in [-0.3, -0.25) is 9.59 Å². The van der Waals surface area contributed by atoms with Crippen LogP contribution in [0.15, 0.2) is 78.9 Å². The minimum Gasteiger partial charge on any atom is -0.289 e. The lowest BCUT2D eigenvalue weighted by Crippen LogP contribution is -2.24. The van der Waals surface area contributed by atoms with Crippen LogP contribution in [0.3, 0.4) is 0 Å². The van der Waals surface area contributed by atoms with Crippen LogP contribution < -0.4 is 0 Å². The van der Waals surface area contributed by atoms with E-state index in [4.69, 9.17) is 0 Å². The van der Waals surface area contributed by atoms with Crippen molar-refractivity contribution in [2.45, 2.75) is 6.92 Å². The molecule has 0 amide bonds. The summed E-state index contributed by atoms with van der Waals surface area (Å²) in [5.41, 5.74) is 4.45. The molecule has 0 N–H and O–H groups in total. The monoisotopic (exact) mass is 410 g/mol. The molecule has 2 nitrogen and oxygen atoms in total. The van der Waals surface area contributed by atoms with Gasteiger partial charge in [0.25, 0.3) is 0 Å². The number of ketones is 2. The van der Waals surface area contributed by atoms with Gasteiger partial charge < -0.3 is 0 Å². The molecule has 0 atom stereocenters. The molecule has 0 spiro atoms. The molecule has 0 aliphatic heterocycles. The molecule has 4 aromatic carbocycles. The maximum atomic E-state index is 13.7. The van der Waals surface area contributed by atoms with Crippen molar-refractivity contribution in [1.82, 2.24) is 0 Å². The molecule has 0 saturated heterocycles. The summed E-state index contributed by atoms with van der Waals surface area (Å²) in [5.74, 6) is -1.27. The molecular weight excluding hydrogens is 394 g/mol. The number of rotatable bonds is 2. The third kappa shape index (κ3) is 2.99. The van der Waals surface area contributed by atoms with Crippen molar-refractivity contribution in [3.8, 4) is 22.3 Å². The van der Waals surface area contributed by atoms with Gasteiger partial charge in [0.2, 0.25) is 0 Å². The first-order valence-electron chi connectivity index (χ1n) is 9.83. The molecule has 1 aliphatic rings. The summed E-state index contributed by atoms with van der Waals surface area (Å²) in [6.45, 7) is 1.80. The lowest BCUT2D eigenvalue weighted by Gasteiger charge is -2.24. The average molecular weight is 410 g/mol. The van der Waals surface area contributed by atoms with Gasteiger partial charge in [-0.05, 0) is 59.0 Å². The van der Waals surface area contributed by atoms with Crippen molar-refractivity contribution < 1.29 is 18.4 Å². The van der Waals surface area contributed by atoms with E-state index >= 15 is 0 Å². The zero-order valence-corrected chi connectivity index (χ0v) is 16.6. The van der Waals surface area contributed by atoms with Crippen molar-refractivity contribution >= 4 is 11.6 Å². The van der Waals surface area contributed by atoms with E-state index in [2.05, 4.69) is 0 Å². The molecule has 31 heavy (non-hydrogen) atoms. The molecule has 0 saturated carbocycles. The van der Waals surface area contributed by atoms with Crippen LogP contribution >= 0.6 is 0 Å². The molecule has 4 heteroatoms. The normalized spacial score (nSPS) is 12.5. The highest BCUT2D eigenvalue weighted by Crippen LogP contribution is 2.40. The third-order valence-electron chi connectivity index (χ3n) is 5.71. The van der Waals surface area contributed by atoms with Crippen molar-refractivity contribution in [2.24, 2.45) is 0 Å². The van der Waals surface area contributed by atoms with E-state index in [0.717, 1.165) is 5.56 Å². The molecule has 0 unspecified atom stereocenters. The van der Waals surface area contributed by atoms with E-state index in [9.17, 15) is 18.4 Å². The maximum absolute atomic E-state index is 13.7. The minimum absolute atomic E-state index is 0.244. The Morgan fingerprint density at radius 2 is 1.00 bits per heavy atom.